The number of carbonyl (C=O) groups excluding carboxylic acids is 1. The molecule has 0 aliphatic carbocycles. The second-order valence-electron chi connectivity index (χ2n) is 7.45. The van der Waals surface area contributed by atoms with Gasteiger partial charge in [0.15, 0.2) is 5.82 Å². The molecule has 1 aromatic heterocycles. The molecule has 154 valence electrons. The first-order valence-corrected chi connectivity index (χ1v) is 10.3. The molecular formula is C23H22ClFN4O. The van der Waals surface area contributed by atoms with Gasteiger partial charge in [-0.2, -0.15) is 0 Å². The summed E-state index contributed by atoms with van der Waals surface area (Å²) in [4.78, 5) is 14.8. The summed E-state index contributed by atoms with van der Waals surface area (Å²) in [5.74, 6) is 0.481. The minimum atomic E-state index is -0.277. The Hall–Kier alpha value is -2.99. The Bertz CT molecular complexity index is 1030. The highest BCUT2D eigenvalue weighted by molar-refractivity contribution is 6.31. The van der Waals surface area contributed by atoms with Gasteiger partial charge >= 0.3 is 0 Å². The standard InChI is InChI=1S/C23H22ClFN4O/c1-15-19(24)3-2-4-20(15)26-23(30)17-11-13-29(14-12-17)22-10-9-21(27-28-22)16-5-7-18(25)8-6-16/h2-10,17H,11-14H2,1H3,(H,26,30). The van der Waals surface area contributed by atoms with Gasteiger partial charge in [0.05, 0.1) is 5.69 Å². The molecule has 0 bridgehead atoms. The number of nitrogens with zero attached hydrogens (tertiary/aromatic N) is 3. The summed E-state index contributed by atoms with van der Waals surface area (Å²) in [5.41, 5.74) is 3.16. The van der Waals surface area contributed by atoms with Crippen molar-refractivity contribution in [3.8, 4) is 11.3 Å². The van der Waals surface area contributed by atoms with Gasteiger partial charge in [-0.1, -0.05) is 17.7 Å². The molecule has 4 rings (SSSR count). The van der Waals surface area contributed by atoms with Crippen LogP contribution in [-0.2, 0) is 4.79 Å². The van der Waals surface area contributed by atoms with Gasteiger partial charge in [-0.3, -0.25) is 4.79 Å². The van der Waals surface area contributed by atoms with Gasteiger partial charge in [0.2, 0.25) is 5.91 Å². The van der Waals surface area contributed by atoms with Gasteiger partial charge in [-0.25, -0.2) is 4.39 Å². The molecule has 0 unspecified atom stereocenters. The minimum absolute atomic E-state index is 0.0257. The number of hydrogen-bond acceptors (Lipinski definition) is 4. The van der Waals surface area contributed by atoms with E-state index in [0.29, 0.717) is 10.7 Å². The molecule has 0 atom stereocenters. The van der Waals surface area contributed by atoms with Crippen LogP contribution in [0.15, 0.2) is 54.6 Å². The van der Waals surface area contributed by atoms with E-state index in [1.165, 1.54) is 12.1 Å². The molecule has 3 aromatic rings. The van der Waals surface area contributed by atoms with E-state index in [1.807, 2.05) is 37.3 Å². The predicted octanol–water partition coefficient (Wildman–Crippen LogP) is 5.10. The second-order valence-corrected chi connectivity index (χ2v) is 7.85. The summed E-state index contributed by atoms with van der Waals surface area (Å²) in [6.45, 7) is 3.36. The highest BCUT2D eigenvalue weighted by Gasteiger charge is 2.26. The third-order valence-corrected chi connectivity index (χ3v) is 5.92. The zero-order chi connectivity index (χ0) is 21.1. The van der Waals surface area contributed by atoms with Crippen LogP contribution in [0.1, 0.15) is 18.4 Å². The Balaban J connectivity index is 1.35. The Labute approximate surface area is 179 Å². The average molecular weight is 425 g/mol. The maximum atomic E-state index is 13.1. The molecule has 7 heteroatoms. The van der Waals surface area contributed by atoms with Crippen molar-refractivity contribution in [2.75, 3.05) is 23.3 Å². The van der Waals surface area contributed by atoms with Crippen LogP contribution in [0, 0.1) is 18.7 Å². The highest BCUT2D eigenvalue weighted by Crippen LogP contribution is 2.27. The van der Waals surface area contributed by atoms with Crippen LogP contribution >= 0.6 is 11.6 Å². The highest BCUT2D eigenvalue weighted by atomic mass is 35.5. The van der Waals surface area contributed by atoms with Crippen LogP contribution in [0.5, 0.6) is 0 Å². The molecule has 5 nitrogen and oxygen atoms in total. The summed E-state index contributed by atoms with van der Waals surface area (Å²) < 4.78 is 13.1. The van der Waals surface area contributed by atoms with Crippen molar-refractivity contribution < 1.29 is 9.18 Å². The van der Waals surface area contributed by atoms with E-state index in [0.717, 1.165) is 48.6 Å². The normalized spacial score (nSPS) is 14.6. The Morgan fingerprint density at radius 3 is 2.47 bits per heavy atom. The van der Waals surface area contributed by atoms with E-state index in [4.69, 9.17) is 11.6 Å². The Kier molecular flexibility index (Phi) is 5.95. The van der Waals surface area contributed by atoms with Crippen molar-refractivity contribution in [2.45, 2.75) is 19.8 Å². The number of nitrogens with one attached hydrogen (secondary N) is 1. The molecule has 2 heterocycles. The largest absolute Gasteiger partial charge is 0.355 e. The number of piperidine rings is 1. The first-order valence-electron chi connectivity index (χ1n) is 9.92. The van der Waals surface area contributed by atoms with E-state index >= 15 is 0 Å². The molecule has 30 heavy (non-hydrogen) atoms. The molecule has 1 saturated heterocycles. The third kappa shape index (κ3) is 4.44. The predicted molar refractivity (Wildman–Crippen MR) is 117 cm³/mol. The maximum absolute atomic E-state index is 13.1. The lowest BCUT2D eigenvalue weighted by molar-refractivity contribution is -0.120. The first-order chi connectivity index (χ1) is 14.5. The van der Waals surface area contributed by atoms with Gasteiger partial charge in [0.25, 0.3) is 0 Å². The number of anilines is 2. The lowest BCUT2D eigenvalue weighted by Gasteiger charge is -2.32. The van der Waals surface area contributed by atoms with E-state index in [1.54, 1.807) is 12.1 Å². The van der Waals surface area contributed by atoms with Crippen molar-refractivity contribution in [3.05, 3.63) is 71.0 Å². The summed E-state index contributed by atoms with van der Waals surface area (Å²) in [5, 5.41) is 12.3. The SMILES string of the molecule is Cc1c(Cl)cccc1NC(=O)C1CCN(c2ccc(-c3ccc(F)cc3)nn2)CC1. The fourth-order valence-corrected chi connectivity index (χ4v) is 3.79. The molecule has 0 radical (unpaired) electrons. The quantitative estimate of drug-likeness (QED) is 0.633. The number of benzene rings is 2. The number of amides is 1. The van der Waals surface area contributed by atoms with Gasteiger partial charge in [-0.15, -0.1) is 10.2 Å². The number of halogens is 2. The van der Waals surface area contributed by atoms with Crippen molar-refractivity contribution in [2.24, 2.45) is 5.92 Å². The van der Waals surface area contributed by atoms with Gasteiger partial charge in [0, 0.05) is 35.3 Å². The summed E-state index contributed by atoms with van der Waals surface area (Å²) in [6, 6.07) is 15.5. The average Bonchev–Trinajstić information content (AvgIpc) is 2.78. The van der Waals surface area contributed by atoms with Crippen molar-refractivity contribution in [1.82, 2.24) is 10.2 Å². The summed E-state index contributed by atoms with van der Waals surface area (Å²) in [6.07, 6.45) is 1.49. The zero-order valence-corrected chi connectivity index (χ0v) is 17.4. The number of rotatable bonds is 4. The molecule has 1 fully saturated rings. The smallest absolute Gasteiger partial charge is 0.227 e. The Morgan fingerprint density at radius 1 is 1.07 bits per heavy atom. The van der Waals surface area contributed by atoms with Crippen LogP contribution < -0.4 is 10.2 Å². The van der Waals surface area contributed by atoms with Crippen LogP contribution in [0.3, 0.4) is 0 Å². The lowest BCUT2D eigenvalue weighted by atomic mass is 9.95. The van der Waals surface area contributed by atoms with Crippen LogP contribution in [-0.4, -0.2) is 29.2 Å². The van der Waals surface area contributed by atoms with Crippen LogP contribution in [0.2, 0.25) is 5.02 Å². The topological polar surface area (TPSA) is 58.1 Å². The number of hydrogen-bond donors (Lipinski definition) is 1. The third-order valence-electron chi connectivity index (χ3n) is 5.51. The molecule has 0 spiro atoms. The van der Waals surface area contributed by atoms with Crippen molar-refractivity contribution in [3.63, 3.8) is 0 Å². The van der Waals surface area contributed by atoms with Gasteiger partial charge < -0.3 is 10.2 Å². The van der Waals surface area contributed by atoms with E-state index in [-0.39, 0.29) is 17.6 Å². The van der Waals surface area contributed by atoms with Crippen LogP contribution in [0.4, 0.5) is 15.9 Å². The van der Waals surface area contributed by atoms with Crippen molar-refractivity contribution in [1.29, 1.82) is 0 Å². The molecule has 1 amide bonds. The van der Waals surface area contributed by atoms with Gasteiger partial charge in [-0.05, 0) is 73.9 Å². The van der Waals surface area contributed by atoms with Gasteiger partial charge in [0.1, 0.15) is 5.82 Å². The van der Waals surface area contributed by atoms with E-state index in [2.05, 4.69) is 20.4 Å². The number of aromatic nitrogens is 2. The molecule has 2 aromatic carbocycles. The minimum Gasteiger partial charge on any atom is -0.355 e. The second kappa shape index (κ2) is 8.79. The first kappa shape index (κ1) is 20.3. The lowest BCUT2D eigenvalue weighted by Crippen LogP contribution is -2.38. The molecule has 0 saturated carbocycles. The fraction of sp³-hybridized carbons (Fsp3) is 0.261. The van der Waals surface area contributed by atoms with Crippen molar-refractivity contribution >= 4 is 29.0 Å². The maximum Gasteiger partial charge on any atom is 0.227 e. The summed E-state index contributed by atoms with van der Waals surface area (Å²) >= 11 is 6.14. The van der Waals surface area contributed by atoms with Crippen LogP contribution in [0.25, 0.3) is 11.3 Å². The van der Waals surface area contributed by atoms with E-state index in [9.17, 15) is 9.18 Å². The molecular weight excluding hydrogens is 403 g/mol. The summed E-state index contributed by atoms with van der Waals surface area (Å²) in [7, 11) is 0. The number of carbonyl (C=O) groups is 1. The molecule has 1 aliphatic heterocycles. The Morgan fingerprint density at radius 2 is 1.80 bits per heavy atom. The molecule has 1 aliphatic rings. The molecule has 1 N–H and O–H groups in total. The zero-order valence-electron chi connectivity index (χ0n) is 16.6. The monoisotopic (exact) mass is 424 g/mol. The fourth-order valence-electron chi connectivity index (χ4n) is 3.62. The van der Waals surface area contributed by atoms with E-state index < -0.39 is 0 Å².